The molecule has 0 unspecified atom stereocenters. The molecule has 4 nitrogen and oxygen atoms in total. The molecule has 1 atom stereocenters. The highest BCUT2D eigenvalue weighted by atomic mass is 16.5. The van der Waals surface area contributed by atoms with Crippen molar-refractivity contribution < 1.29 is 4.74 Å². The molecule has 4 heteroatoms. The van der Waals surface area contributed by atoms with Gasteiger partial charge in [0.1, 0.15) is 11.8 Å². The number of nitrogens with zero attached hydrogens (tertiary/aromatic N) is 2. The summed E-state index contributed by atoms with van der Waals surface area (Å²) in [6.45, 7) is 2.86. The first kappa shape index (κ1) is 11.9. The molecule has 1 aliphatic rings. The Bertz CT molecular complexity index is 439. The van der Waals surface area contributed by atoms with Crippen LogP contribution in [0, 0.1) is 11.3 Å². The molecule has 1 aromatic rings. The third-order valence-electron chi connectivity index (χ3n) is 3.10. The minimum Gasteiger partial charge on any atom is -0.495 e. The second-order valence-corrected chi connectivity index (χ2v) is 4.43. The van der Waals surface area contributed by atoms with Gasteiger partial charge in [0.25, 0.3) is 0 Å². The first-order chi connectivity index (χ1) is 8.22. The van der Waals surface area contributed by atoms with E-state index in [0.29, 0.717) is 17.4 Å². The highest BCUT2D eigenvalue weighted by Crippen LogP contribution is 2.21. The van der Waals surface area contributed by atoms with Gasteiger partial charge in [0.05, 0.1) is 12.7 Å². The number of rotatable bonds is 3. The third kappa shape index (κ3) is 2.76. The van der Waals surface area contributed by atoms with Gasteiger partial charge in [-0.3, -0.25) is 4.90 Å². The van der Waals surface area contributed by atoms with Crippen LogP contribution in [0.1, 0.15) is 17.5 Å². The topological polar surface area (TPSA) is 62.3 Å². The monoisotopic (exact) mass is 231 g/mol. The molecular weight excluding hydrogens is 214 g/mol. The van der Waals surface area contributed by atoms with Crippen LogP contribution in [0.25, 0.3) is 0 Å². The first-order valence-electron chi connectivity index (χ1n) is 5.78. The first-order valence-corrected chi connectivity index (χ1v) is 5.78. The number of likely N-dealkylation sites (tertiary alicyclic amines) is 1. The van der Waals surface area contributed by atoms with E-state index < -0.39 is 0 Å². The summed E-state index contributed by atoms with van der Waals surface area (Å²) in [7, 11) is 1.59. The molecule has 0 bridgehead atoms. The summed E-state index contributed by atoms with van der Waals surface area (Å²) in [6, 6.07) is 8.14. The van der Waals surface area contributed by atoms with Gasteiger partial charge in [-0.2, -0.15) is 5.26 Å². The Balaban J connectivity index is 2.09. The van der Waals surface area contributed by atoms with Gasteiger partial charge >= 0.3 is 0 Å². The fourth-order valence-electron chi connectivity index (χ4n) is 2.19. The number of hydrogen-bond donors (Lipinski definition) is 1. The fourth-order valence-corrected chi connectivity index (χ4v) is 2.19. The van der Waals surface area contributed by atoms with Crippen molar-refractivity contribution >= 4 is 0 Å². The minimum absolute atomic E-state index is 0.301. The molecule has 0 spiro atoms. The van der Waals surface area contributed by atoms with Gasteiger partial charge in [0, 0.05) is 25.7 Å². The van der Waals surface area contributed by atoms with Crippen LogP contribution in [0.4, 0.5) is 0 Å². The van der Waals surface area contributed by atoms with E-state index in [1.165, 1.54) is 0 Å². The van der Waals surface area contributed by atoms with E-state index in [-0.39, 0.29) is 0 Å². The third-order valence-corrected chi connectivity index (χ3v) is 3.10. The van der Waals surface area contributed by atoms with Crippen molar-refractivity contribution in [1.29, 1.82) is 5.26 Å². The SMILES string of the molecule is COc1cc(CN2CC[C@H](N)C2)ccc1C#N. The normalized spacial score (nSPS) is 20.2. The lowest BCUT2D eigenvalue weighted by Gasteiger charge is -2.15. The van der Waals surface area contributed by atoms with E-state index >= 15 is 0 Å². The molecule has 0 aromatic heterocycles. The summed E-state index contributed by atoms with van der Waals surface area (Å²) in [6.07, 6.45) is 1.06. The number of hydrogen-bond acceptors (Lipinski definition) is 4. The molecule has 1 aliphatic heterocycles. The van der Waals surface area contributed by atoms with E-state index in [1.807, 2.05) is 18.2 Å². The van der Waals surface area contributed by atoms with E-state index in [0.717, 1.165) is 31.6 Å². The maximum absolute atomic E-state index is 8.90. The van der Waals surface area contributed by atoms with Gasteiger partial charge in [0.15, 0.2) is 0 Å². The number of nitrogens with two attached hydrogens (primary N) is 1. The number of benzene rings is 1. The number of ether oxygens (including phenoxy) is 1. The molecule has 1 fully saturated rings. The van der Waals surface area contributed by atoms with Gasteiger partial charge in [-0.15, -0.1) is 0 Å². The zero-order chi connectivity index (χ0) is 12.3. The van der Waals surface area contributed by atoms with Crippen LogP contribution in [0.15, 0.2) is 18.2 Å². The Morgan fingerprint density at radius 1 is 1.59 bits per heavy atom. The standard InChI is InChI=1S/C13H17N3O/c1-17-13-6-10(2-3-11(13)7-14)8-16-5-4-12(15)9-16/h2-3,6,12H,4-5,8-9,15H2,1H3/t12-/m0/s1. The molecule has 0 aliphatic carbocycles. The van der Waals surface area contributed by atoms with E-state index in [9.17, 15) is 0 Å². The predicted molar refractivity (Wildman–Crippen MR) is 65.6 cm³/mol. The van der Waals surface area contributed by atoms with Crippen LogP contribution in [0.5, 0.6) is 5.75 Å². The summed E-state index contributed by atoms with van der Waals surface area (Å²) in [4.78, 5) is 2.32. The molecule has 17 heavy (non-hydrogen) atoms. The second-order valence-electron chi connectivity index (χ2n) is 4.43. The largest absolute Gasteiger partial charge is 0.495 e. The molecule has 0 amide bonds. The lowest BCUT2D eigenvalue weighted by molar-refractivity contribution is 0.326. The van der Waals surface area contributed by atoms with Crippen molar-refractivity contribution in [3.63, 3.8) is 0 Å². The molecule has 1 heterocycles. The lowest BCUT2D eigenvalue weighted by atomic mass is 10.1. The fraction of sp³-hybridized carbons (Fsp3) is 0.462. The molecule has 1 aromatic carbocycles. The molecule has 0 radical (unpaired) electrons. The van der Waals surface area contributed by atoms with E-state index in [2.05, 4.69) is 11.0 Å². The maximum atomic E-state index is 8.90. The van der Waals surface area contributed by atoms with Crippen LogP contribution in [0.2, 0.25) is 0 Å². The van der Waals surface area contributed by atoms with Crippen LogP contribution >= 0.6 is 0 Å². The second kappa shape index (κ2) is 5.17. The lowest BCUT2D eigenvalue weighted by Crippen LogP contribution is -2.26. The number of methoxy groups -OCH3 is 1. The minimum atomic E-state index is 0.301. The zero-order valence-electron chi connectivity index (χ0n) is 10.0. The average Bonchev–Trinajstić information content (AvgIpc) is 2.74. The van der Waals surface area contributed by atoms with Crippen molar-refractivity contribution in [1.82, 2.24) is 4.90 Å². The Morgan fingerprint density at radius 3 is 3.00 bits per heavy atom. The van der Waals surface area contributed by atoms with Crippen LogP contribution < -0.4 is 10.5 Å². The van der Waals surface area contributed by atoms with Crippen molar-refractivity contribution in [2.24, 2.45) is 5.73 Å². The van der Waals surface area contributed by atoms with Gasteiger partial charge < -0.3 is 10.5 Å². The molecule has 0 saturated carbocycles. The van der Waals surface area contributed by atoms with E-state index in [1.54, 1.807) is 7.11 Å². The molecule has 2 rings (SSSR count). The molecule has 2 N–H and O–H groups in total. The van der Waals surface area contributed by atoms with Crippen molar-refractivity contribution in [3.05, 3.63) is 29.3 Å². The van der Waals surface area contributed by atoms with E-state index in [4.69, 9.17) is 15.7 Å². The predicted octanol–water partition coefficient (Wildman–Crippen LogP) is 1.10. The van der Waals surface area contributed by atoms with Crippen molar-refractivity contribution in [3.8, 4) is 11.8 Å². The van der Waals surface area contributed by atoms with Crippen molar-refractivity contribution in [2.75, 3.05) is 20.2 Å². The summed E-state index contributed by atoms with van der Waals surface area (Å²) in [5.74, 6) is 0.647. The van der Waals surface area contributed by atoms with Gasteiger partial charge in [-0.1, -0.05) is 6.07 Å². The van der Waals surface area contributed by atoms with Crippen molar-refractivity contribution in [2.45, 2.75) is 19.0 Å². The maximum Gasteiger partial charge on any atom is 0.136 e. The Labute approximate surface area is 102 Å². The Hall–Kier alpha value is -1.57. The molecule has 90 valence electrons. The summed E-state index contributed by atoms with van der Waals surface area (Å²) in [5.41, 5.74) is 7.61. The highest BCUT2D eigenvalue weighted by Gasteiger charge is 2.19. The Kier molecular flexibility index (Phi) is 3.62. The quantitative estimate of drug-likeness (QED) is 0.846. The van der Waals surface area contributed by atoms with Crippen LogP contribution in [0.3, 0.4) is 0 Å². The number of nitriles is 1. The molecule has 1 saturated heterocycles. The molecular formula is C13H17N3O. The van der Waals surface area contributed by atoms with Crippen LogP contribution in [-0.4, -0.2) is 31.1 Å². The van der Waals surface area contributed by atoms with Gasteiger partial charge in [0.2, 0.25) is 0 Å². The Morgan fingerprint density at radius 2 is 2.41 bits per heavy atom. The average molecular weight is 231 g/mol. The van der Waals surface area contributed by atoms with Crippen LogP contribution in [-0.2, 0) is 6.54 Å². The summed E-state index contributed by atoms with van der Waals surface area (Å²) < 4.78 is 5.20. The summed E-state index contributed by atoms with van der Waals surface area (Å²) >= 11 is 0. The van der Waals surface area contributed by atoms with Gasteiger partial charge in [-0.05, 0) is 24.1 Å². The zero-order valence-corrected chi connectivity index (χ0v) is 10.0. The van der Waals surface area contributed by atoms with Gasteiger partial charge in [-0.25, -0.2) is 0 Å². The smallest absolute Gasteiger partial charge is 0.136 e. The summed E-state index contributed by atoms with van der Waals surface area (Å²) in [5, 5.41) is 8.90. The highest BCUT2D eigenvalue weighted by molar-refractivity contribution is 5.45.